The molecule has 2 amide bonds. The number of fused-ring (bicyclic) bond motifs is 1. The van der Waals surface area contributed by atoms with Crippen molar-refractivity contribution in [3.63, 3.8) is 0 Å². The van der Waals surface area contributed by atoms with E-state index in [4.69, 9.17) is 11.5 Å². The summed E-state index contributed by atoms with van der Waals surface area (Å²) in [5.41, 5.74) is 14.0. The topological polar surface area (TPSA) is 123 Å². The lowest BCUT2D eigenvalue weighted by atomic mass is 9.92. The highest BCUT2D eigenvalue weighted by molar-refractivity contribution is 5.99. The van der Waals surface area contributed by atoms with Gasteiger partial charge in [0.1, 0.15) is 6.04 Å². The first-order chi connectivity index (χ1) is 19.5. The fourth-order valence-electron chi connectivity index (χ4n) is 4.69. The van der Waals surface area contributed by atoms with Crippen LogP contribution in [0.15, 0.2) is 72.4 Å². The van der Waals surface area contributed by atoms with Gasteiger partial charge in [0.15, 0.2) is 0 Å². The maximum absolute atomic E-state index is 13.3. The number of rotatable bonds is 13. The molecule has 0 aliphatic carbocycles. The number of amides is 2. The van der Waals surface area contributed by atoms with Gasteiger partial charge in [-0.1, -0.05) is 48.9 Å². The van der Waals surface area contributed by atoms with E-state index in [-0.39, 0.29) is 6.42 Å². The molecule has 0 radical (unpaired) electrons. The predicted molar refractivity (Wildman–Crippen MR) is 156 cm³/mol. The van der Waals surface area contributed by atoms with Gasteiger partial charge in [0.25, 0.3) is 0 Å². The number of aromatic nitrogens is 1. The van der Waals surface area contributed by atoms with Crippen molar-refractivity contribution in [1.82, 2.24) is 10.3 Å². The number of carbonyl (C=O) groups is 2. The van der Waals surface area contributed by atoms with Gasteiger partial charge >= 0.3 is 6.18 Å². The predicted octanol–water partition coefficient (Wildman–Crippen LogP) is 5.35. The lowest BCUT2D eigenvalue weighted by Gasteiger charge is -2.22. The van der Waals surface area contributed by atoms with Gasteiger partial charge < -0.3 is 22.1 Å². The molecule has 0 aliphatic rings. The number of anilines is 1. The number of nitrogens with two attached hydrogens (primary N) is 2. The van der Waals surface area contributed by atoms with Crippen LogP contribution in [0.5, 0.6) is 0 Å². The van der Waals surface area contributed by atoms with Crippen LogP contribution in [0.3, 0.4) is 0 Å². The lowest BCUT2D eigenvalue weighted by Crippen LogP contribution is -2.50. The quantitative estimate of drug-likeness (QED) is 0.207. The Morgan fingerprint density at radius 3 is 2.41 bits per heavy atom. The molecule has 1 heterocycles. The number of para-hydroxylation sites is 1. The lowest BCUT2D eigenvalue weighted by molar-refractivity contribution is -0.137. The van der Waals surface area contributed by atoms with E-state index in [1.54, 1.807) is 6.07 Å². The third-order valence-corrected chi connectivity index (χ3v) is 7.13. The van der Waals surface area contributed by atoms with Crippen molar-refractivity contribution in [3.8, 4) is 0 Å². The Balaban J connectivity index is 1.71. The fraction of sp³-hybridized carbons (Fsp3) is 0.387. The van der Waals surface area contributed by atoms with E-state index in [2.05, 4.69) is 28.6 Å². The van der Waals surface area contributed by atoms with Crippen LogP contribution in [-0.4, -0.2) is 35.4 Å². The summed E-state index contributed by atoms with van der Waals surface area (Å²) in [5.74, 6) is -0.698. The SMILES string of the molecule is C/C=C(\CCC[C@H](N)C(=O)N[C@H](Cc1ccc(C(F)(F)F)cc1)C(=O)Nc1cnc2ccccc2c1)C(C)CCN. The standard InChI is InChI=1S/C31H38F3N5O2/c1-3-22(20(2)15-16-35)8-6-9-26(36)29(40)39-28(17-21-11-13-24(14-12-21)31(32,33)34)30(41)38-25-18-23-7-4-5-10-27(23)37-19-25/h3-5,7,10-14,18-20,26,28H,6,8-9,15-17,35-36H2,1-2H3,(H,38,41)(H,39,40)/b22-3+/t20?,26-,28+/m0/s1. The van der Waals surface area contributed by atoms with Crippen LogP contribution < -0.4 is 22.1 Å². The van der Waals surface area contributed by atoms with Crippen LogP contribution in [0.2, 0.25) is 0 Å². The zero-order valence-electron chi connectivity index (χ0n) is 23.4. The molecule has 3 rings (SSSR count). The highest BCUT2D eigenvalue weighted by Gasteiger charge is 2.30. The van der Waals surface area contributed by atoms with Crippen molar-refractivity contribution >= 4 is 28.4 Å². The molecule has 0 saturated carbocycles. The third kappa shape index (κ3) is 9.40. The van der Waals surface area contributed by atoms with E-state index in [9.17, 15) is 22.8 Å². The minimum atomic E-state index is -4.48. The van der Waals surface area contributed by atoms with Crippen molar-refractivity contribution in [2.45, 2.75) is 64.2 Å². The van der Waals surface area contributed by atoms with E-state index in [0.29, 0.717) is 36.6 Å². The Bertz CT molecular complexity index is 1340. The van der Waals surface area contributed by atoms with Gasteiger partial charge in [0.2, 0.25) is 11.8 Å². The number of nitrogens with zero attached hydrogens (tertiary/aromatic N) is 1. The largest absolute Gasteiger partial charge is 0.416 e. The monoisotopic (exact) mass is 569 g/mol. The zero-order chi connectivity index (χ0) is 30.0. The molecule has 0 spiro atoms. The fourth-order valence-corrected chi connectivity index (χ4v) is 4.69. The first-order valence-corrected chi connectivity index (χ1v) is 13.7. The van der Waals surface area contributed by atoms with Gasteiger partial charge in [0, 0.05) is 11.8 Å². The maximum Gasteiger partial charge on any atom is 0.416 e. The number of hydrogen-bond acceptors (Lipinski definition) is 5. The molecular formula is C31H38F3N5O2. The molecule has 0 fully saturated rings. The summed E-state index contributed by atoms with van der Waals surface area (Å²) in [4.78, 5) is 30.7. The number of halogens is 3. The molecule has 2 aromatic carbocycles. The molecule has 0 aliphatic heterocycles. The molecule has 220 valence electrons. The van der Waals surface area contributed by atoms with Crippen molar-refractivity contribution in [1.29, 1.82) is 0 Å². The van der Waals surface area contributed by atoms with Crippen molar-refractivity contribution in [3.05, 3.63) is 83.6 Å². The van der Waals surface area contributed by atoms with Gasteiger partial charge in [0.05, 0.1) is 29.0 Å². The molecule has 6 N–H and O–H groups in total. The molecule has 1 unspecified atom stereocenters. The van der Waals surface area contributed by atoms with Crippen LogP contribution in [0, 0.1) is 5.92 Å². The van der Waals surface area contributed by atoms with E-state index in [1.165, 1.54) is 23.9 Å². The van der Waals surface area contributed by atoms with Crippen molar-refractivity contribution in [2.24, 2.45) is 17.4 Å². The summed E-state index contributed by atoms with van der Waals surface area (Å²) in [6, 6.07) is 11.7. The van der Waals surface area contributed by atoms with Crippen molar-refractivity contribution < 1.29 is 22.8 Å². The van der Waals surface area contributed by atoms with E-state index in [0.717, 1.165) is 35.9 Å². The van der Waals surface area contributed by atoms with E-state index in [1.807, 2.05) is 31.2 Å². The van der Waals surface area contributed by atoms with E-state index >= 15 is 0 Å². The van der Waals surface area contributed by atoms with Gasteiger partial charge in [-0.3, -0.25) is 14.6 Å². The Labute approximate surface area is 238 Å². The molecule has 1 aromatic heterocycles. The highest BCUT2D eigenvalue weighted by atomic mass is 19.4. The molecule has 3 aromatic rings. The Hall–Kier alpha value is -3.76. The zero-order valence-corrected chi connectivity index (χ0v) is 23.4. The molecular weight excluding hydrogens is 531 g/mol. The summed E-state index contributed by atoms with van der Waals surface area (Å²) in [6.45, 7) is 4.69. The summed E-state index contributed by atoms with van der Waals surface area (Å²) in [5, 5.41) is 6.30. The minimum Gasteiger partial charge on any atom is -0.343 e. The second kappa shape index (κ2) is 14.7. The average molecular weight is 570 g/mol. The number of allylic oxidation sites excluding steroid dienone is 2. The minimum absolute atomic E-state index is 0.0250. The third-order valence-electron chi connectivity index (χ3n) is 7.13. The highest BCUT2D eigenvalue weighted by Crippen LogP contribution is 2.29. The Kier molecular flexibility index (Phi) is 11.4. The van der Waals surface area contributed by atoms with Crippen LogP contribution in [-0.2, 0) is 22.2 Å². The number of pyridine rings is 1. The smallest absolute Gasteiger partial charge is 0.343 e. The molecule has 0 saturated heterocycles. The van der Waals surface area contributed by atoms with Crippen LogP contribution in [0.1, 0.15) is 50.7 Å². The van der Waals surface area contributed by atoms with Gasteiger partial charge in [-0.15, -0.1) is 0 Å². The first-order valence-electron chi connectivity index (χ1n) is 13.7. The number of nitrogens with one attached hydrogen (secondary N) is 2. The van der Waals surface area contributed by atoms with Crippen LogP contribution >= 0.6 is 0 Å². The number of hydrogen-bond donors (Lipinski definition) is 4. The summed E-state index contributed by atoms with van der Waals surface area (Å²) >= 11 is 0. The molecule has 10 heteroatoms. The second-order valence-corrected chi connectivity index (χ2v) is 10.2. The number of alkyl halides is 3. The molecule has 0 bridgehead atoms. The average Bonchev–Trinajstić information content (AvgIpc) is 2.94. The second-order valence-electron chi connectivity index (χ2n) is 10.2. The van der Waals surface area contributed by atoms with Gasteiger partial charge in [-0.25, -0.2) is 0 Å². The van der Waals surface area contributed by atoms with Crippen molar-refractivity contribution in [2.75, 3.05) is 11.9 Å². The Morgan fingerprint density at radius 2 is 1.76 bits per heavy atom. The number of benzene rings is 2. The Morgan fingerprint density at radius 1 is 1.05 bits per heavy atom. The molecule has 7 nitrogen and oxygen atoms in total. The molecule has 3 atom stereocenters. The first kappa shape index (κ1) is 31.8. The van der Waals surface area contributed by atoms with Gasteiger partial charge in [-0.05, 0) is 74.9 Å². The maximum atomic E-state index is 13.3. The van der Waals surface area contributed by atoms with E-state index < -0.39 is 35.6 Å². The summed E-state index contributed by atoms with van der Waals surface area (Å²) in [6.07, 6.45) is 1.81. The summed E-state index contributed by atoms with van der Waals surface area (Å²) < 4.78 is 39.1. The number of carbonyl (C=O) groups excluding carboxylic acids is 2. The normalized spacial score (nSPS) is 14.4. The van der Waals surface area contributed by atoms with Gasteiger partial charge in [-0.2, -0.15) is 13.2 Å². The summed E-state index contributed by atoms with van der Waals surface area (Å²) in [7, 11) is 0. The molecule has 41 heavy (non-hydrogen) atoms. The van der Waals surface area contributed by atoms with Crippen LogP contribution in [0.4, 0.5) is 18.9 Å². The van der Waals surface area contributed by atoms with Crippen LogP contribution in [0.25, 0.3) is 10.9 Å².